The van der Waals surface area contributed by atoms with Crippen LogP contribution >= 0.6 is 0 Å². The Bertz CT molecular complexity index is 607. The Labute approximate surface area is 142 Å². The number of nitrogens with one attached hydrogen (secondary N) is 1. The highest BCUT2D eigenvalue weighted by atomic mass is 16.5. The lowest BCUT2D eigenvalue weighted by Gasteiger charge is -2.47. The van der Waals surface area contributed by atoms with Crippen molar-refractivity contribution < 1.29 is 19.4 Å². The number of carbonyl (C=O) groups excluding carboxylic acids is 1. The van der Waals surface area contributed by atoms with Gasteiger partial charge in [0.15, 0.2) is 0 Å². The summed E-state index contributed by atoms with van der Waals surface area (Å²) in [7, 11) is 1.97. The van der Waals surface area contributed by atoms with Gasteiger partial charge in [0.05, 0.1) is 38.6 Å². The molecule has 2 aliphatic rings. The minimum absolute atomic E-state index is 0.0653. The van der Waals surface area contributed by atoms with E-state index >= 15 is 0 Å². The molecule has 132 valence electrons. The van der Waals surface area contributed by atoms with Crippen LogP contribution in [0.15, 0.2) is 18.2 Å². The minimum atomic E-state index is -0.585. The van der Waals surface area contributed by atoms with Crippen LogP contribution in [0.25, 0.3) is 0 Å². The number of aliphatic hydroxyl groups is 1. The Hall–Kier alpha value is -1.47. The maximum atomic E-state index is 12.7. The predicted octanol–water partition coefficient (Wildman–Crippen LogP) is 0.571. The van der Waals surface area contributed by atoms with Crippen LogP contribution in [0.4, 0.5) is 0 Å². The van der Waals surface area contributed by atoms with Crippen LogP contribution in [0.2, 0.25) is 0 Å². The highest BCUT2D eigenvalue weighted by molar-refractivity contribution is 5.96. The van der Waals surface area contributed by atoms with Crippen molar-refractivity contribution in [2.45, 2.75) is 31.5 Å². The Kier molecular flexibility index (Phi) is 5.20. The standard InChI is InChI=1S/C18H26N2O4/c1-13-8-24-12-18(11-21,20(13)2)10-19-17(22)15-5-3-4-14-6-7-23-9-16(14)15/h3-5,13,21H,6-12H2,1-2H3,(H,19,22)/t13-,18+/m1/s1. The van der Waals surface area contributed by atoms with E-state index in [9.17, 15) is 9.90 Å². The fourth-order valence-electron chi connectivity index (χ4n) is 3.44. The first-order chi connectivity index (χ1) is 11.6. The number of hydrogen-bond acceptors (Lipinski definition) is 5. The first-order valence-electron chi connectivity index (χ1n) is 8.46. The smallest absolute Gasteiger partial charge is 0.251 e. The lowest BCUT2D eigenvalue weighted by molar-refractivity contribution is -0.105. The van der Waals surface area contributed by atoms with Crippen molar-refractivity contribution >= 4 is 5.91 Å². The van der Waals surface area contributed by atoms with Crippen molar-refractivity contribution in [2.75, 3.05) is 40.0 Å². The van der Waals surface area contributed by atoms with Crippen LogP contribution in [0.5, 0.6) is 0 Å². The molecular formula is C18H26N2O4. The van der Waals surface area contributed by atoms with Gasteiger partial charge in [0.1, 0.15) is 0 Å². The molecule has 0 bridgehead atoms. The van der Waals surface area contributed by atoms with E-state index in [0.29, 0.717) is 38.5 Å². The van der Waals surface area contributed by atoms with Gasteiger partial charge < -0.3 is 19.9 Å². The number of benzene rings is 1. The van der Waals surface area contributed by atoms with E-state index in [-0.39, 0.29) is 18.6 Å². The van der Waals surface area contributed by atoms with Gasteiger partial charge in [-0.25, -0.2) is 0 Å². The number of carbonyl (C=O) groups is 1. The van der Waals surface area contributed by atoms with E-state index < -0.39 is 5.54 Å². The maximum absolute atomic E-state index is 12.7. The number of ether oxygens (including phenoxy) is 2. The summed E-state index contributed by atoms with van der Waals surface area (Å²) in [5.74, 6) is -0.128. The molecule has 1 saturated heterocycles. The molecule has 2 aliphatic heterocycles. The van der Waals surface area contributed by atoms with Gasteiger partial charge in [0, 0.05) is 18.2 Å². The molecule has 2 N–H and O–H groups in total. The van der Waals surface area contributed by atoms with E-state index in [4.69, 9.17) is 9.47 Å². The molecule has 2 atom stereocenters. The SMILES string of the molecule is C[C@@H]1COC[C@@](CO)(CNC(=O)c2cccc3c2COCC3)N1C. The summed E-state index contributed by atoms with van der Waals surface area (Å²) in [4.78, 5) is 14.8. The van der Waals surface area contributed by atoms with E-state index in [1.165, 1.54) is 5.56 Å². The number of likely N-dealkylation sites (N-methyl/N-ethyl adjacent to an activating group) is 1. The molecule has 0 aromatic heterocycles. The third-order valence-corrected chi connectivity index (χ3v) is 5.29. The van der Waals surface area contributed by atoms with Crippen molar-refractivity contribution in [1.29, 1.82) is 0 Å². The van der Waals surface area contributed by atoms with Crippen LogP contribution in [0, 0.1) is 0 Å². The molecule has 1 aromatic rings. The summed E-state index contributed by atoms with van der Waals surface area (Å²) < 4.78 is 11.1. The second-order valence-electron chi connectivity index (χ2n) is 6.79. The summed E-state index contributed by atoms with van der Waals surface area (Å²) >= 11 is 0. The molecule has 0 radical (unpaired) electrons. The van der Waals surface area contributed by atoms with Crippen LogP contribution < -0.4 is 5.32 Å². The maximum Gasteiger partial charge on any atom is 0.251 e. The van der Waals surface area contributed by atoms with Gasteiger partial charge in [-0.1, -0.05) is 12.1 Å². The van der Waals surface area contributed by atoms with Gasteiger partial charge in [0.25, 0.3) is 5.91 Å². The number of morpholine rings is 1. The normalized spacial score (nSPS) is 27.5. The molecule has 6 nitrogen and oxygen atoms in total. The third kappa shape index (κ3) is 3.19. The van der Waals surface area contributed by atoms with E-state index in [1.807, 2.05) is 25.2 Å². The monoisotopic (exact) mass is 334 g/mol. The second-order valence-corrected chi connectivity index (χ2v) is 6.79. The lowest BCUT2D eigenvalue weighted by atomic mass is 9.94. The molecule has 0 saturated carbocycles. The van der Waals surface area contributed by atoms with E-state index in [1.54, 1.807) is 0 Å². The first-order valence-corrected chi connectivity index (χ1v) is 8.46. The average molecular weight is 334 g/mol. The highest BCUT2D eigenvalue weighted by Crippen LogP contribution is 2.23. The van der Waals surface area contributed by atoms with Gasteiger partial charge in [0.2, 0.25) is 0 Å². The van der Waals surface area contributed by atoms with E-state index in [0.717, 1.165) is 12.0 Å². The van der Waals surface area contributed by atoms with E-state index in [2.05, 4.69) is 17.1 Å². The molecule has 1 fully saturated rings. The van der Waals surface area contributed by atoms with Crippen LogP contribution in [0.3, 0.4) is 0 Å². The largest absolute Gasteiger partial charge is 0.394 e. The quantitative estimate of drug-likeness (QED) is 0.842. The van der Waals surface area contributed by atoms with Crippen molar-refractivity contribution in [3.8, 4) is 0 Å². The zero-order valence-corrected chi connectivity index (χ0v) is 14.4. The molecule has 0 unspecified atom stereocenters. The van der Waals surface area contributed by atoms with Gasteiger partial charge in [-0.3, -0.25) is 9.69 Å². The zero-order chi connectivity index (χ0) is 17.2. The molecule has 1 amide bonds. The number of hydrogen-bond donors (Lipinski definition) is 2. The molecule has 3 rings (SSSR count). The molecule has 0 spiro atoms. The number of rotatable bonds is 4. The summed E-state index contributed by atoms with van der Waals surface area (Å²) in [6.07, 6.45) is 0.838. The van der Waals surface area contributed by atoms with Crippen LogP contribution in [0.1, 0.15) is 28.4 Å². The topological polar surface area (TPSA) is 71.0 Å². The summed E-state index contributed by atoms with van der Waals surface area (Å²) in [6, 6.07) is 5.99. The zero-order valence-electron chi connectivity index (χ0n) is 14.4. The number of fused-ring (bicyclic) bond motifs is 1. The van der Waals surface area contributed by atoms with Crippen LogP contribution in [-0.2, 0) is 22.5 Å². The number of nitrogens with zero attached hydrogens (tertiary/aromatic N) is 1. The van der Waals surface area contributed by atoms with Crippen molar-refractivity contribution in [3.63, 3.8) is 0 Å². The first kappa shape index (κ1) is 17.4. The van der Waals surface area contributed by atoms with Crippen molar-refractivity contribution in [1.82, 2.24) is 10.2 Å². The Morgan fingerprint density at radius 2 is 2.29 bits per heavy atom. The lowest BCUT2D eigenvalue weighted by Crippen LogP contribution is -2.65. The average Bonchev–Trinajstić information content (AvgIpc) is 2.62. The van der Waals surface area contributed by atoms with Crippen LogP contribution in [-0.4, -0.2) is 67.5 Å². The Morgan fingerprint density at radius 3 is 3.08 bits per heavy atom. The second kappa shape index (κ2) is 7.19. The number of amides is 1. The predicted molar refractivity (Wildman–Crippen MR) is 90.0 cm³/mol. The fraction of sp³-hybridized carbons (Fsp3) is 0.611. The fourth-order valence-corrected chi connectivity index (χ4v) is 3.44. The number of aliphatic hydroxyl groups excluding tert-OH is 1. The van der Waals surface area contributed by atoms with Gasteiger partial charge in [-0.05, 0) is 37.6 Å². The summed E-state index contributed by atoms with van der Waals surface area (Å²) in [5.41, 5.74) is 2.23. The molecular weight excluding hydrogens is 308 g/mol. The Balaban J connectivity index is 1.73. The highest BCUT2D eigenvalue weighted by Gasteiger charge is 2.40. The van der Waals surface area contributed by atoms with Crippen molar-refractivity contribution in [2.24, 2.45) is 0 Å². The summed E-state index contributed by atoms with van der Waals surface area (Å²) in [5, 5.41) is 12.9. The van der Waals surface area contributed by atoms with Crippen molar-refractivity contribution in [3.05, 3.63) is 34.9 Å². The molecule has 0 aliphatic carbocycles. The Morgan fingerprint density at radius 1 is 1.46 bits per heavy atom. The third-order valence-electron chi connectivity index (χ3n) is 5.29. The molecule has 6 heteroatoms. The summed E-state index contributed by atoms with van der Waals surface area (Å²) in [6.45, 7) is 4.54. The van der Waals surface area contributed by atoms with Gasteiger partial charge in [-0.15, -0.1) is 0 Å². The minimum Gasteiger partial charge on any atom is -0.394 e. The molecule has 24 heavy (non-hydrogen) atoms. The van der Waals surface area contributed by atoms with Gasteiger partial charge >= 0.3 is 0 Å². The molecule has 2 heterocycles. The van der Waals surface area contributed by atoms with Gasteiger partial charge in [-0.2, -0.15) is 0 Å². The molecule has 1 aromatic carbocycles.